The SMILES string of the molecule is CC(NS(=O)(=O)c1ccc(F)c(CO)c1F)C1CCOC1. The first kappa shape index (κ1) is 16.3. The lowest BCUT2D eigenvalue weighted by molar-refractivity contribution is 0.180. The average Bonchev–Trinajstić information content (AvgIpc) is 2.92. The highest BCUT2D eigenvalue weighted by Gasteiger charge is 2.29. The fourth-order valence-corrected chi connectivity index (χ4v) is 3.70. The van der Waals surface area contributed by atoms with Crippen LogP contribution in [0.2, 0.25) is 0 Å². The second-order valence-corrected chi connectivity index (χ2v) is 6.71. The van der Waals surface area contributed by atoms with E-state index in [4.69, 9.17) is 9.84 Å². The highest BCUT2D eigenvalue weighted by atomic mass is 32.2. The minimum Gasteiger partial charge on any atom is -0.391 e. The number of hydrogen-bond donors (Lipinski definition) is 2. The van der Waals surface area contributed by atoms with E-state index < -0.39 is 44.8 Å². The van der Waals surface area contributed by atoms with Gasteiger partial charge >= 0.3 is 0 Å². The van der Waals surface area contributed by atoms with Gasteiger partial charge in [0.2, 0.25) is 10.0 Å². The largest absolute Gasteiger partial charge is 0.391 e. The van der Waals surface area contributed by atoms with Crippen molar-refractivity contribution >= 4 is 10.0 Å². The summed E-state index contributed by atoms with van der Waals surface area (Å²) in [5.41, 5.74) is -0.658. The van der Waals surface area contributed by atoms with Gasteiger partial charge in [0.15, 0.2) is 5.82 Å². The second-order valence-electron chi connectivity index (χ2n) is 5.03. The van der Waals surface area contributed by atoms with Crippen LogP contribution < -0.4 is 4.72 Å². The van der Waals surface area contributed by atoms with Crippen LogP contribution in [0.1, 0.15) is 18.9 Å². The molecular formula is C13H17F2NO4S. The maximum atomic E-state index is 14.0. The molecule has 1 aliphatic rings. The highest BCUT2D eigenvalue weighted by Crippen LogP contribution is 2.23. The van der Waals surface area contributed by atoms with Gasteiger partial charge in [-0.15, -0.1) is 0 Å². The number of nitrogens with one attached hydrogen (secondary N) is 1. The van der Waals surface area contributed by atoms with E-state index in [0.717, 1.165) is 18.6 Å². The van der Waals surface area contributed by atoms with Gasteiger partial charge in [-0.25, -0.2) is 21.9 Å². The molecule has 0 amide bonds. The number of rotatable bonds is 5. The summed E-state index contributed by atoms with van der Waals surface area (Å²) in [4.78, 5) is -0.668. The molecule has 0 radical (unpaired) electrons. The van der Waals surface area contributed by atoms with Crippen molar-refractivity contribution in [3.8, 4) is 0 Å². The molecule has 2 unspecified atom stereocenters. The van der Waals surface area contributed by atoms with Crippen molar-refractivity contribution in [2.24, 2.45) is 5.92 Å². The highest BCUT2D eigenvalue weighted by molar-refractivity contribution is 7.89. The van der Waals surface area contributed by atoms with Crippen LogP contribution in [0.15, 0.2) is 17.0 Å². The number of halogens is 2. The lowest BCUT2D eigenvalue weighted by Gasteiger charge is -2.19. The fraction of sp³-hybridized carbons (Fsp3) is 0.538. The summed E-state index contributed by atoms with van der Waals surface area (Å²) >= 11 is 0. The Morgan fingerprint density at radius 1 is 1.48 bits per heavy atom. The molecule has 2 N–H and O–H groups in total. The van der Waals surface area contributed by atoms with Crippen molar-refractivity contribution in [2.45, 2.75) is 30.9 Å². The number of hydrogen-bond acceptors (Lipinski definition) is 4. The van der Waals surface area contributed by atoms with E-state index in [0.29, 0.717) is 13.2 Å². The van der Waals surface area contributed by atoms with Crippen LogP contribution in [0, 0.1) is 17.6 Å². The molecule has 8 heteroatoms. The molecule has 118 valence electrons. The van der Waals surface area contributed by atoms with E-state index in [-0.39, 0.29) is 5.92 Å². The van der Waals surface area contributed by atoms with Gasteiger partial charge in [0, 0.05) is 18.6 Å². The predicted molar refractivity (Wildman–Crippen MR) is 71.0 cm³/mol. The van der Waals surface area contributed by atoms with Gasteiger partial charge in [-0.2, -0.15) is 0 Å². The molecular weight excluding hydrogens is 304 g/mol. The third-order valence-electron chi connectivity index (χ3n) is 3.61. The Morgan fingerprint density at radius 2 is 2.19 bits per heavy atom. The predicted octanol–water partition coefficient (Wildman–Crippen LogP) is 1.16. The summed E-state index contributed by atoms with van der Waals surface area (Å²) < 4.78 is 59.3. The molecule has 0 saturated carbocycles. The Morgan fingerprint density at radius 3 is 2.76 bits per heavy atom. The van der Waals surface area contributed by atoms with Gasteiger partial charge < -0.3 is 9.84 Å². The third kappa shape index (κ3) is 3.39. The monoisotopic (exact) mass is 321 g/mol. The van der Waals surface area contributed by atoms with Gasteiger partial charge in [0.05, 0.1) is 18.8 Å². The molecule has 1 saturated heterocycles. The van der Waals surface area contributed by atoms with E-state index in [1.807, 2.05) is 0 Å². The van der Waals surface area contributed by atoms with E-state index >= 15 is 0 Å². The van der Waals surface area contributed by atoms with E-state index in [9.17, 15) is 17.2 Å². The van der Waals surface area contributed by atoms with Gasteiger partial charge in [-0.1, -0.05) is 0 Å². The normalized spacial score (nSPS) is 20.7. The van der Waals surface area contributed by atoms with Crippen LogP contribution in [0.4, 0.5) is 8.78 Å². The molecule has 0 spiro atoms. The van der Waals surface area contributed by atoms with Crippen LogP contribution in [0.25, 0.3) is 0 Å². The maximum Gasteiger partial charge on any atom is 0.243 e. The molecule has 0 aliphatic carbocycles. The quantitative estimate of drug-likeness (QED) is 0.853. The Hall–Kier alpha value is -1.09. The second kappa shape index (κ2) is 6.35. The van der Waals surface area contributed by atoms with Gasteiger partial charge in [0.1, 0.15) is 10.7 Å². The molecule has 1 aromatic carbocycles. The zero-order chi connectivity index (χ0) is 15.6. The van der Waals surface area contributed by atoms with Crippen molar-refractivity contribution < 1.29 is 27.0 Å². The Bertz CT molecular complexity index is 615. The summed E-state index contributed by atoms with van der Waals surface area (Å²) in [6.07, 6.45) is 0.720. The van der Waals surface area contributed by atoms with Gasteiger partial charge in [0.25, 0.3) is 0 Å². The summed E-state index contributed by atoms with van der Waals surface area (Å²) in [5.74, 6) is -2.23. The average molecular weight is 321 g/mol. The topological polar surface area (TPSA) is 75.6 Å². The van der Waals surface area contributed by atoms with Crippen molar-refractivity contribution in [3.63, 3.8) is 0 Å². The van der Waals surface area contributed by atoms with E-state index in [1.54, 1.807) is 6.92 Å². The number of aliphatic hydroxyl groups is 1. The van der Waals surface area contributed by atoms with Crippen LogP contribution in [0.3, 0.4) is 0 Å². The van der Waals surface area contributed by atoms with E-state index in [2.05, 4.69) is 4.72 Å². The molecule has 1 aliphatic heterocycles. The Balaban J connectivity index is 2.27. The molecule has 1 heterocycles. The van der Waals surface area contributed by atoms with E-state index in [1.165, 1.54) is 0 Å². The number of aliphatic hydroxyl groups excluding tert-OH is 1. The minimum absolute atomic E-state index is 0.0144. The Labute approximate surface area is 122 Å². The lowest BCUT2D eigenvalue weighted by Crippen LogP contribution is -2.38. The first-order valence-electron chi connectivity index (χ1n) is 6.54. The number of benzene rings is 1. The summed E-state index contributed by atoms with van der Waals surface area (Å²) in [7, 11) is -4.14. The molecule has 0 bridgehead atoms. The van der Waals surface area contributed by atoms with Crippen molar-refractivity contribution in [2.75, 3.05) is 13.2 Å². The molecule has 0 aromatic heterocycles. The van der Waals surface area contributed by atoms with Crippen molar-refractivity contribution in [1.82, 2.24) is 4.72 Å². The van der Waals surface area contributed by atoms with Gasteiger partial charge in [-0.05, 0) is 25.5 Å². The molecule has 5 nitrogen and oxygen atoms in total. The molecule has 21 heavy (non-hydrogen) atoms. The minimum atomic E-state index is -4.14. The summed E-state index contributed by atoms with van der Waals surface area (Å²) in [6, 6.07) is 1.25. The third-order valence-corrected chi connectivity index (χ3v) is 5.19. The molecule has 1 aromatic rings. The van der Waals surface area contributed by atoms with Crippen LogP contribution >= 0.6 is 0 Å². The van der Waals surface area contributed by atoms with Crippen LogP contribution in [0.5, 0.6) is 0 Å². The van der Waals surface area contributed by atoms with Crippen molar-refractivity contribution in [1.29, 1.82) is 0 Å². The lowest BCUT2D eigenvalue weighted by atomic mass is 10.0. The zero-order valence-electron chi connectivity index (χ0n) is 11.5. The molecule has 2 rings (SSSR count). The maximum absolute atomic E-state index is 14.0. The van der Waals surface area contributed by atoms with Crippen LogP contribution in [-0.4, -0.2) is 32.8 Å². The van der Waals surface area contributed by atoms with Gasteiger partial charge in [-0.3, -0.25) is 0 Å². The number of ether oxygens (including phenoxy) is 1. The van der Waals surface area contributed by atoms with Crippen LogP contribution in [-0.2, 0) is 21.4 Å². The molecule has 2 atom stereocenters. The standard InChI is InChI=1S/C13H17F2NO4S/c1-8(9-4-5-20-7-9)16-21(18,19)12-3-2-11(14)10(6-17)13(12)15/h2-3,8-9,16-17H,4-7H2,1H3. The first-order valence-corrected chi connectivity index (χ1v) is 8.03. The summed E-state index contributed by atoms with van der Waals surface area (Å²) in [5, 5.41) is 8.93. The smallest absolute Gasteiger partial charge is 0.243 e. The molecule has 1 fully saturated rings. The van der Waals surface area contributed by atoms with Crippen molar-refractivity contribution in [3.05, 3.63) is 29.3 Å². The first-order chi connectivity index (χ1) is 9.86. The number of sulfonamides is 1. The zero-order valence-corrected chi connectivity index (χ0v) is 12.3. The fourth-order valence-electron chi connectivity index (χ4n) is 2.28. The summed E-state index contributed by atoms with van der Waals surface area (Å²) in [6.45, 7) is 1.77. The Kier molecular flexibility index (Phi) is 4.92.